The Morgan fingerprint density at radius 3 is 2.83 bits per heavy atom. The van der Waals surface area contributed by atoms with Crippen molar-refractivity contribution in [1.29, 1.82) is 0 Å². The van der Waals surface area contributed by atoms with Gasteiger partial charge in [-0.2, -0.15) is 0 Å². The minimum Gasteiger partial charge on any atom is -0.396 e. The first-order valence-electron chi connectivity index (χ1n) is 13.9. The lowest BCUT2D eigenvalue weighted by molar-refractivity contribution is -0.139. The Bertz CT molecular complexity index is 1420. The van der Waals surface area contributed by atoms with E-state index in [1.807, 2.05) is 43.3 Å². The number of allylic oxidation sites excluding steroid dienone is 1. The molecule has 0 spiro atoms. The highest BCUT2D eigenvalue weighted by atomic mass is 35.5. The molecular weight excluding hydrogens is 544 g/mol. The van der Waals surface area contributed by atoms with Crippen molar-refractivity contribution in [2.24, 2.45) is 5.92 Å². The van der Waals surface area contributed by atoms with Crippen LogP contribution in [0.15, 0.2) is 60.8 Å². The van der Waals surface area contributed by atoms with Crippen LogP contribution < -0.4 is 15.5 Å². The van der Waals surface area contributed by atoms with E-state index in [9.17, 15) is 14.7 Å². The van der Waals surface area contributed by atoms with E-state index in [0.717, 1.165) is 30.6 Å². The van der Waals surface area contributed by atoms with Gasteiger partial charge in [-0.1, -0.05) is 48.0 Å². The number of aromatic nitrogens is 3. The molecule has 0 unspecified atom stereocenters. The predicted octanol–water partition coefficient (Wildman–Crippen LogP) is 3.17. The monoisotopic (exact) mass is 578 g/mol. The standard InChI is InChI=1S/C30H35ClN6O4/c1-20(5-2-3-15-36-19-24(13-16-38)34-35-36)30(41)25-17-22(31)9-12-27(25)37(29(30)40)18-21-7-10-23(11-8-21)33-28(39)26-6-4-14-32-26/h2,5,7-12,17,19-20,26,32,38,41H,3-4,6,13-16,18H2,1H3,(H,33,39)/b5-2+/t20-,26+,30+/m0/s1. The lowest BCUT2D eigenvalue weighted by atomic mass is 9.83. The van der Waals surface area contributed by atoms with Crippen molar-refractivity contribution in [3.63, 3.8) is 0 Å². The smallest absolute Gasteiger partial charge is 0.264 e. The SMILES string of the molecule is C[C@@H](/C=C/CCn1cc(CCO)nn1)[C@]1(O)C(=O)N(Cc2ccc(NC(=O)[C@H]3CCCN3)cc2)c2ccc(Cl)cc21. The highest BCUT2D eigenvalue weighted by molar-refractivity contribution is 6.31. The molecule has 3 heterocycles. The summed E-state index contributed by atoms with van der Waals surface area (Å²) in [6.45, 7) is 3.52. The van der Waals surface area contributed by atoms with Crippen molar-refractivity contribution in [2.75, 3.05) is 23.4 Å². The van der Waals surface area contributed by atoms with Crippen LogP contribution in [0, 0.1) is 5.92 Å². The summed E-state index contributed by atoms with van der Waals surface area (Å²) in [6.07, 6.45) is 8.46. The van der Waals surface area contributed by atoms with Gasteiger partial charge in [-0.25, -0.2) is 0 Å². The molecule has 3 atom stereocenters. The van der Waals surface area contributed by atoms with Gasteiger partial charge >= 0.3 is 0 Å². The Morgan fingerprint density at radius 2 is 2.10 bits per heavy atom. The number of carbonyl (C=O) groups is 2. The van der Waals surface area contributed by atoms with Gasteiger partial charge in [0.15, 0.2) is 5.60 Å². The summed E-state index contributed by atoms with van der Waals surface area (Å²) in [5.74, 6) is -0.989. The third-order valence-corrected chi connectivity index (χ3v) is 7.97. The number of carbonyl (C=O) groups excluding carboxylic acids is 2. The molecule has 3 aromatic rings. The molecule has 2 aromatic carbocycles. The summed E-state index contributed by atoms with van der Waals surface area (Å²) in [5, 5.41) is 35.6. The van der Waals surface area contributed by atoms with Crippen LogP contribution in [-0.4, -0.2) is 56.2 Å². The normalized spacial score (nSPS) is 21.0. The predicted molar refractivity (Wildman–Crippen MR) is 156 cm³/mol. The zero-order valence-electron chi connectivity index (χ0n) is 23.0. The quantitative estimate of drug-likeness (QED) is 0.257. The van der Waals surface area contributed by atoms with Crippen LogP contribution in [0.5, 0.6) is 0 Å². The molecular formula is C30H35ClN6O4. The first-order chi connectivity index (χ1) is 19.8. The van der Waals surface area contributed by atoms with E-state index in [2.05, 4.69) is 20.9 Å². The first kappa shape index (κ1) is 28.9. The zero-order valence-corrected chi connectivity index (χ0v) is 23.7. The fourth-order valence-electron chi connectivity index (χ4n) is 5.41. The minimum absolute atomic E-state index is 0.0209. The number of halogens is 1. The molecule has 41 heavy (non-hydrogen) atoms. The molecule has 0 saturated carbocycles. The minimum atomic E-state index is -1.78. The molecule has 10 nitrogen and oxygen atoms in total. The number of anilines is 2. The number of rotatable bonds is 11. The molecule has 0 bridgehead atoms. The van der Waals surface area contributed by atoms with Gasteiger partial charge in [-0.3, -0.25) is 14.3 Å². The highest BCUT2D eigenvalue weighted by Gasteiger charge is 2.52. The molecule has 1 saturated heterocycles. The summed E-state index contributed by atoms with van der Waals surface area (Å²) in [4.78, 5) is 27.8. The van der Waals surface area contributed by atoms with Crippen molar-refractivity contribution < 1.29 is 19.8 Å². The van der Waals surface area contributed by atoms with Gasteiger partial charge in [0.2, 0.25) is 5.91 Å². The van der Waals surface area contributed by atoms with Gasteiger partial charge in [0, 0.05) is 48.0 Å². The highest BCUT2D eigenvalue weighted by Crippen LogP contribution is 2.46. The second-order valence-corrected chi connectivity index (χ2v) is 11.0. The maximum Gasteiger partial charge on any atom is 0.264 e. The molecule has 1 fully saturated rings. The van der Waals surface area contributed by atoms with Gasteiger partial charge in [-0.15, -0.1) is 5.10 Å². The molecule has 2 aliphatic rings. The van der Waals surface area contributed by atoms with Gasteiger partial charge < -0.3 is 25.7 Å². The van der Waals surface area contributed by atoms with Crippen LogP contribution in [0.4, 0.5) is 11.4 Å². The summed E-state index contributed by atoms with van der Waals surface area (Å²) in [6, 6.07) is 12.4. The molecule has 0 radical (unpaired) electrons. The van der Waals surface area contributed by atoms with Crippen LogP contribution in [0.3, 0.4) is 0 Å². The van der Waals surface area contributed by atoms with Crippen LogP contribution in [0.1, 0.15) is 43.0 Å². The van der Waals surface area contributed by atoms with Crippen molar-refractivity contribution in [2.45, 2.75) is 57.3 Å². The van der Waals surface area contributed by atoms with E-state index in [1.165, 1.54) is 0 Å². The number of hydrogen-bond acceptors (Lipinski definition) is 7. The molecule has 4 N–H and O–H groups in total. The largest absolute Gasteiger partial charge is 0.396 e. The number of benzene rings is 2. The average Bonchev–Trinajstić information content (AvgIpc) is 3.70. The molecule has 5 rings (SSSR count). The molecule has 2 amide bonds. The first-order valence-corrected chi connectivity index (χ1v) is 14.3. The molecule has 1 aromatic heterocycles. The van der Waals surface area contributed by atoms with Crippen molar-refractivity contribution in [3.8, 4) is 0 Å². The summed E-state index contributed by atoms with van der Waals surface area (Å²) < 4.78 is 1.70. The van der Waals surface area contributed by atoms with Crippen LogP contribution >= 0.6 is 11.6 Å². The molecule has 216 valence electrons. The number of fused-ring (bicyclic) bond motifs is 1. The zero-order chi connectivity index (χ0) is 29.0. The second-order valence-electron chi connectivity index (χ2n) is 10.6. The Hall–Kier alpha value is -3.57. The summed E-state index contributed by atoms with van der Waals surface area (Å²) in [5.41, 5.74) is 1.59. The van der Waals surface area contributed by atoms with E-state index >= 15 is 0 Å². The molecule has 0 aliphatic carbocycles. The fraction of sp³-hybridized carbons (Fsp3) is 0.400. The van der Waals surface area contributed by atoms with Crippen LogP contribution in [-0.2, 0) is 34.7 Å². The van der Waals surface area contributed by atoms with Crippen molar-refractivity contribution >= 4 is 34.8 Å². The third-order valence-electron chi connectivity index (χ3n) is 7.73. The number of amides is 2. The molecule has 11 heteroatoms. The number of aryl methyl sites for hydroxylation is 1. The summed E-state index contributed by atoms with van der Waals surface area (Å²) in [7, 11) is 0. The number of nitrogens with zero attached hydrogens (tertiary/aromatic N) is 4. The van der Waals surface area contributed by atoms with E-state index in [0.29, 0.717) is 41.3 Å². The van der Waals surface area contributed by atoms with Gasteiger partial charge in [0.25, 0.3) is 5.91 Å². The maximum absolute atomic E-state index is 13.8. The van der Waals surface area contributed by atoms with Gasteiger partial charge in [0.05, 0.1) is 24.0 Å². The number of aliphatic hydroxyl groups excluding tert-OH is 1. The van der Waals surface area contributed by atoms with Gasteiger partial charge in [-0.05, 0) is 61.7 Å². The van der Waals surface area contributed by atoms with E-state index < -0.39 is 17.4 Å². The Labute approximate surface area is 244 Å². The number of aliphatic hydroxyl groups is 2. The van der Waals surface area contributed by atoms with Crippen LogP contribution in [0.25, 0.3) is 0 Å². The van der Waals surface area contributed by atoms with Crippen molar-refractivity contribution in [3.05, 3.63) is 82.7 Å². The Kier molecular flexibility index (Phi) is 8.84. The maximum atomic E-state index is 13.8. The summed E-state index contributed by atoms with van der Waals surface area (Å²) >= 11 is 6.31. The van der Waals surface area contributed by atoms with E-state index in [1.54, 1.807) is 34.0 Å². The van der Waals surface area contributed by atoms with E-state index in [-0.39, 0.29) is 25.1 Å². The number of nitrogens with one attached hydrogen (secondary N) is 2. The lowest BCUT2D eigenvalue weighted by Gasteiger charge is -2.27. The van der Waals surface area contributed by atoms with Gasteiger partial charge in [0.1, 0.15) is 0 Å². The topological polar surface area (TPSA) is 133 Å². The Balaban J connectivity index is 1.27. The van der Waals surface area contributed by atoms with E-state index in [4.69, 9.17) is 16.7 Å². The second kappa shape index (κ2) is 12.5. The number of hydrogen-bond donors (Lipinski definition) is 4. The third kappa shape index (κ3) is 6.20. The Morgan fingerprint density at radius 1 is 1.29 bits per heavy atom. The fourth-order valence-corrected chi connectivity index (χ4v) is 5.59. The van der Waals surface area contributed by atoms with Crippen LogP contribution in [0.2, 0.25) is 5.02 Å². The lowest BCUT2D eigenvalue weighted by Crippen LogP contribution is -2.44. The average molecular weight is 579 g/mol. The van der Waals surface area contributed by atoms with Crippen molar-refractivity contribution in [1.82, 2.24) is 20.3 Å². The molecule has 2 aliphatic heterocycles.